The van der Waals surface area contributed by atoms with Crippen LogP contribution in [0.25, 0.3) is 0 Å². The zero-order valence-electron chi connectivity index (χ0n) is 5.84. The number of hydrogen-bond donors (Lipinski definition) is 1. The predicted molar refractivity (Wildman–Crippen MR) is 46.7 cm³/mol. The molecule has 1 rings (SSSR count). The van der Waals surface area contributed by atoms with Crippen LogP contribution in [0.1, 0.15) is 11.1 Å². The molecule has 2 N–H and O–H groups in total. The lowest BCUT2D eigenvalue weighted by atomic mass is 10.1. The number of nitriles is 1. The molecule has 0 bridgehead atoms. The standard InChI is InChI=1S/C8H7BrN2/c9-8-3-6(4-10)1-2-7(8)5-11/h1-3H,5,11H2. The van der Waals surface area contributed by atoms with Crippen molar-refractivity contribution in [3.05, 3.63) is 33.8 Å². The zero-order valence-corrected chi connectivity index (χ0v) is 7.43. The van der Waals surface area contributed by atoms with Crippen LogP contribution in [0.15, 0.2) is 22.7 Å². The number of nitrogens with two attached hydrogens (primary N) is 1. The first-order valence-electron chi connectivity index (χ1n) is 3.16. The van der Waals surface area contributed by atoms with Gasteiger partial charge in [-0.25, -0.2) is 0 Å². The summed E-state index contributed by atoms with van der Waals surface area (Å²) in [5.41, 5.74) is 7.09. The summed E-state index contributed by atoms with van der Waals surface area (Å²) in [7, 11) is 0. The normalized spacial score (nSPS) is 9.18. The van der Waals surface area contributed by atoms with Gasteiger partial charge in [-0.1, -0.05) is 22.0 Å². The second-order valence-corrected chi connectivity index (χ2v) is 2.98. The van der Waals surface area contributed by atoms with Crippen LogP contribution >= 0.6 is 15.9 Å². The van der Waals surface area contributed by atoms with Gasteiger partial charge in [-0.2, -0.15) is 5.26 Å². The molecule has 0 saturated heterocycles. The lowest BCUT2D eigenvalue weighted by Crippen LogP contribution is -1.97. The summed E-state index contributed by atoms with van der Waals surface area (Å²) in [5, 5.41) is 8.52. The second-order valence-electron chi connectivity index (χ2n) is 2.12. The molecule has 0 amide bonds. The number of benzene rings is 1. The zero-order chi connectivity index (χ0) is 8.27. The van der Waals surface area contributed by atoms with E-state index < -0.39 is 0 Å². The van der Waals surface area contributed by atoms with Gasteiger partial charge in [-0.15, -0.1) is 0 Å². The molecule has 2 nitrogen and oxygen atoms in total. The minimum atomic E-state index is 0.492. The van der Waals surface area contributed by atoms with Crippen LogP contribution in [0.4, 0.5) is 0 Å². The fourth-order valence-corrected chi connectivity index (χ4v) is 1.32. The number of nitrogens with zero attached hydrogens (tertiary/aromatic N) is 1. The highest BCUT2D eigenvalue weighted by molar-refractivity contribution is 9.10. The van der Waals surface area contributed by atoms with E-state index in [2.05, 4.69) is 15.9 Å². The van der Waals surface area contributed by atoms with E-state index in [0.717, 1.165) is 10.0 Å². The smallest absolute Gasteiger partial charge is 0.0992 e. The van der Waals surface area contributed by atoms with Gasteiger partial charge in [0, 0.05) is 11.0 Å². The van der Waals surface area contributed by atoms with Crippen molar-refractivity contribution in [2.45, 2.75) is 6.54 Å². The Morgan fingerprint density at radius 1 is 1.55 bits per heavy atom. The van der Waals surface area contributed by atoms with Crippen molar-refractivity contribution in [3.63, 3.8) is 0 Å². The van der Waals surface area contributed by atoms with Gasteiger partial charge in [0.1, 0.15) is 0 Å². The molecule has 1 aromatic rings. The highest BCUT2D eigenvalue weighted by atomic mass is 79.9. The third kappa shape index (κ3) is 1.79. The molecular formula is C8H7BrN2. The average Bonchev–Trinajstić information content (AvgIpc) is 2.04. The molecule has 0 aliphatic heterocycles. The molecule has 3 heteroatoms. The Morgan fingerprint density at radius 2 is 2.27 bits per heavy atom. The molecule has 0 atom stereocenters. The van der Waals surface area contributed by atoms with Crippen molar-refractivity contribution >= 4 is 15.9 Å². The largest absolute Gasteiger partial charge is 0.326 e. The first kappa shape index (κ1) is 8.25. The highest BCUT2D eigenvalue weighted by Crippen LogP contribution is 2.17. The summed E-state index contributed by atoms with van der Waals surface area (Å²) in [6.45, 7) is 0.492. The van der Waals surface area contributed by atoms with Crippen LogP contribution in [0.5, 0.6) is 0 Å². The van der Waals surface area contributed by atoms with Gasteiger partial charge in [-0.05, 0) is 17.7 Å². The maximum Gasteiger partial charge on any atom is 0.0992 e. The molecule has 0 radical (unpaired) electrons. The molecule has 11 heavy (non-hydrogen) atoms. The number of halogens is 1. The van der Waals surface area contributed by atoms with Crippen molar-refractivity contribution in [1.82, 2.24) is 0 Å². The molecule has 0 aromatic heterocycles. The maximum atomic E-state index is 8.52. The molecule has 56 valence electrons. The van der Waals surface area contributed by atoms with Crippen LogP contribution in [0.3, 0.4) is 0 Å². The van der Waals surface area contributed by atoms with Gasteiger partial charge < -0.3 is 5.73 Å². The number of hydrogen-bond acceptors (Lipinski definition) is 2. The summed E-state index contributed by atoms with van der Waals surface area (Å²) in [5.74, 6) is 0. The third-order valence-electron chi connectivity index (χ3n) is 1.40. The molecule has 0 unspecified atom stereocenters. The van der Waals surface area contributed by atoms with Gasteiger partial charge in [-0.3, -0.25) is 0 Å². The summed E-state index contributed by atoms with van der Waals surface area (Å²) >= 11 is 3.32. The Kier molecular flexibility index (Phi) is 2.64. The Hall–Kier alpha value is -0.850. The fraction of sp³-hybridized carbons (Fsp3) is 0.125. The lowest BCUT2D eigenvalue weighted by molar-refractivity contribution is 1.06. The van der Waals surface area contributed by atoms with Gasteiger partial charge >= 0.3 is 0 Å². The third-order valence-corrected chi connectivity index (χ3v) is 2.14. The van der Waals surface area contributed by atoms with Crippen LogP contribution in [-0.2, 0) is 6.54 Å². The van der Waals surface area contributed by atoms with Crippen molar-refractivity contribution in [3.8, 4) is 6.07 Å². The molecule has 0 saturated carbocycles. The minimum Gasteiger partial charge on any atom is -0.326 e. The maximum absolute atomic E-state index is 8.52. The van der Waals surface area contributed by atoms with Gasteiger partial charge in [0.25, 0.3) is 0 Å². The molecule has 0 fully saturated rings. The molecule has 0 heterocycles. The topological polar surface area (TPSA) is 49.8 Å². The van der Waals surface area contributed by atoms with E-state index in [1.807, 2.05) is 12.1 Å². The van der Waals surface area contributed by atoms with E-state index in [1.54, 1.807) is 12.1 Å². The Morgan fingerprint density at radius 3 is 2.73 bits per heavy atom. The van der Waals surface area contributed by atoms with Crippen molar-refractivity contribution in [2.75, 3.05) is 0 Å². The van der Waals surface area contributed by atoms with E-state index >= 15 is 0 Å². The summed E-state index contributed by atoms with van der Waals surface area (Å²) in [6.07, 6.45) is 0. The van der Waals surface area contributed by atoms with Gasteiger partial charge in [0.2, 0.25) is 0 Å². The molecular weight excluding hydrogens is 204 g/mol. The summed E-state index contributed by atoms with van der Waals surface area (Å²) < 4.78 is 0.902. The van der Waals surface area contributed by atoms with E-state index in [0.29, 0.717) is 12.1 Å². The quantitative estimate of drug-likeness (QED) is 0.769. The summed E-state index contributed by atoms with van der Waals surface area (Å²) in [4.78, 5) is 0. The molecule has 1 aromatic carbocycles. The van der Waals surface area contributed by atoms with Gasteiger partial charge in [0.15, 0.2) is 0 Å². The van der Waals surface area contributed by atoms with Crippen LogP contribution in [0, 0.1) is 11.3 Å². The monoisotopic (exact) mass is 210 g/mol. The summed E-state index contributed by atoms with van der Waals surface area (Å²) in [6, 6.07) is 7.42. The Labute approximate surface area is 73.8 Å². The van der Waals surface area contributed by atoms with E-state index in [-0.39, 0.29) is 0 Å². The van der Waals surface area contributed by atoms with E-state index in [4.69, 9.17) is 11.0 Å². The fourth-order valence-electron chi connectivity index (χ4n) is 0.782. The molecule has 0 aliphatic carbocycles. The predicted octanol–water partition coefficient (Wildman–Crippen LogP) is 1.78. The van der Waals surface area contributed by atoms with Crippen LogP contribution in [0.2, 0.25) is 0 Å². The first-order valence-corrected chi connectivity index (χ1v) is 3.96. The highest BCUT2D eigenvalue weighted by Gasteiger charge is 1.97. The van der Waals surface area contributed by atoms with Crippen molar-refractivity contribution in [2.24, 2.45) is 5.73 Å². The second kappa shape index (κ2) is 3.51. The molecule has 0 aliphatic rings. The molecule has 0 spiro atoms. The van der Waals surface area contributed by atoms with Crippen LogP contribution in [-0.4, -0.2) is 0 Å². The first-order chi connectivity index (χ1) is 5.27. The van der Waals surface area contributed by atoms with E-state index in [9.17, 15) is 0 Å². The van der Waals surface area contributed by atoms with Crippen molar-refractivity contribution in [1.29, 1.82) is 5.26 Å². The minimum absolute atomic E-state index is 0.492. The SMILES string of the molecule is N#Cc1ccc(CN)c(Br)c1. The van der Waals surface area contributed by atoms with E-state index in [1.165, 1.54) is 0 Å². The lowest BCUT2D eigenvalue weighted by Gasteiger charge is -1.99. The van der Waals surface area contributed by atoms with Crippen molar-refractivity contribution < 1.29 is 0 Å². The van der Waals surface area contributed by atoms with Crippen LogP contribution < -0.4 is 5.73 Å². The number of rotatable bonds is 1. The van der Waals surface area contributed by atoms with Gasteiger partial charge in [0.05, 0.1) is 11.6 Å². The Bertz CT molecular complexity index is 301. The average molecular weight is 211 g/mol. The Balaban J connectivity index is 3.12.